The lowest BCUT2D eigenvalue weighted by atomic mass is 9.94. The third-order valence-electron chi connectivity index (χ3n) is 2.22. The summed E-state index contributed by atoms with van der Waals surface area (Å²) in [6.07, 6.45) is 1.08. The van der Waals surface area contributed by atoms with Gasteiger partial charge in [-0.25, -0.2) is 0 Å². The van der Waals surface area contributed by atoms with E-state index in [1.54, 1.807) is 24.3 Å². The fourth-order valence-corrected chi connectivity index (χ4v) is 1.48. The zero-order valence-electron chi connectivity index (χ0n) is 9.23. The summed E-state index contributed by atoms with van der Waals surface area (Å²) in [6, 6.07) is 8.90. The fraction of sp³-hybridized carbons (Fsp3) is 0.231. The molecular formula is C13H12NO2-. The number of hydrogen-bond acceptors (Lipinski definition) is 3. The van der Waals surface area contributed by atoms with Crippen molar-refractivity contribution in [1.82, 2.24) is 0 Å². The number of nitriles is 1. The Morgan fingerprint density at radius 2 is 2.19 bits per heavy atom. The highest BCUT2D eigenvalue weighted by atomic mass is 16.4. The molecule has 0 amide bonds. The first-order valence-corrected chi connectivity index (χ1v) is 4.97. The molecule has 0 radical (unpaired) electrons. The van der Waals surface area contributed by atoms with Crippen molar-refractivity contribution in [2.24, 2.45) is 5.92 Å². The Balaban J connectivity index is 3.22. The van der Waals surface area contributed by atoms with Crippen LogP contribution in [-0.4, -0.2) is 5.97 Å². The van der Waals surface area contributed by atoms with Gasteiger partial charge in [-0.05, 0) is 35.3 Å². The van der Waals surface area contributed by atoms with Gasteiger partial charge in [0, 0.05) is 0 Å². The lowest BCUT2D eigenvalue weighted by Gasteiger charge is -2.12. The minimum atomic E-state index is -1.22. The van der Waals surface area contributed by atoms with Crippen LogP contribution in [0.15, 0.2) is 30.3 Å². The number of hydrogen-bond donors (Lipinski definition) is 0. The molecule has 0 N–H and O–H groups in total. The smallest absolute Gasteiger partial charge is 0.0991 e. The topological polar surface area (TPSA) is 63.9 Å². The molecule has 1 aromatic carbocycles. The third kappa shape index (κ3) is 2.96. The van der Waals surface area contributed by atoms with Crippen molar-refractivity contribution in [3.8, 4) is 6.07 Å². The molecule has 1 rings (SSSR count). The number of allylic oxidation sites excluding steroid dienone is 1. The maximum Gasteiger partial charge on any atom is 0.0991 e. The molecular weight excluding hydrogens is 202 g/mol. The van der Waals surface area contributed by atoms with Gasteiger partial charge >= 0.3 is 0 Å². The van der Waals surface area contributed by atoms with Gasteiger partial charge in [0.15, 0.2) is 0 Å². The van der Waals surface area contributed by atoms with E-state index >= 15 is 0 Å². The van der Waals surface area contributed by atoms with E-state index in [2.05, 4.69) is 0 Å². The SMILES string of the molecule is CC(C)/C(=C/C(=O)[O-])c1cccc(C#N)c1. The number of nitrogens with zero attached hydrogens (tertiary/aromatic N) is 1. The second-order valence-electron chi connectivity index (χ2n) is 3.77. The van der Waals surface area contributed by atoms with Gasteiger partial charge in [0.2, 0.25) is 0 Å². The second-order valence-corrected chi connectivity index (χ2v) is 3.77. The van der Waals surface area contributed by atoms with Gasteiger partial charge in [0.25, 0.3) is 0 Å². The zero-order chi connectivity index (χ0) is 12.1. The van der Waals surface area contributed by atoms with Crippen molar-refractivity contribution in [3.05, 3.63) is 41.5 Å². The number of carbonyl (C=O) groups excluding carboxylic acids is 1. The highest BCUT2D eigenvalue weighted by Crippen LogP contribution is 2.23. The predicted molar refractivity (Wildman–Crippen MR) is 59.0 cm³/mol. The summed E-state index contributed by atoms with van der Waals surface area (Å²) in [5.74, 6) is -1.15. The van der Waals surface area contributed by atoms with Gasteiger partial charge in [-0.15, -0.1) is 0 Å². The molecule has 82 valence electrons. The second kappa shape index (κ2) is 5.13. The number of rotatable bonds is 3. The van der Waals surface area contributed by atoms with E-state index in [0.29, 0.717) is 11.1 Å². The van der Waals surface area contributed by atoms with Crippen molar-refractivity contribution >= 4 is 11.5 Å². The Labute approximate surface area is 94.6 Å². The Morgan fingerprint density at radius 3 is 2.69 bits per heavy atom. The Morgan fingerprint density at radius 1 is 1.50 bits per heavy atom. The summed E-state index contributed by atoms with van der Waals surface area (Å²) in [4.78, 5) is 10.6. The average Bonchev–Trinajstić information content (AvgIpc) is 2.25. The van der Waals surface area contributed by atoms with E-state index in [1.807, 2.05) is 19.9 Å². The molecule has 3 heteroatoms. The van der Waals surface area contributed by atoms with Crippen LogP contribution in [-0.2, 0) is 4.79 Å². The fourth-order valence-electron chi connectivity index (χ4n) is 1.48. The lowest BCUT2D eigenvalue weighted by molar-refractivity contribution is -0.297. The van der Waals surface area contributed by atoms with Gasteiger partial charge in [-0.2, -0.15) is 5.26 Å². The van der Waals surface area contributed by atoms with Crippen LogP contribution in [0.1, 0.15) is 25.0 Å². The van der Waals surface area contributed by atoms with E-state index in [4.69, 9.17) is 5.26 Å². The Bertz CT molecular complexity index is 467. The standard InChI is InChI=1S/C13H13NO2/c1-9(2)12(7-13(15)16)11-5-3-4-10(6-11)8-14/h3-7,9H,1-2H3,(H,15,16)/p-1/b12-7-. The number of carboxylic acids is 1. The van der Waals surface area contributed by atoms with Crippen LogP contribution in [0.2, 0.25) is 0 Å². The van der Waals surface area contributed by atoms with Crippen LogP contribution in [0.5, 0.6) is 0 Å². The summed E-state index contributed by atoms with van der Waals surface area (Å²) in [6.45, 7) is 3.79. The molecule has 0 heterocycles. The summed E-state index contributed by atoms with van der Waals surface area (Å²) in [5.41, 5.74) is 1.93. The van der Waals surface area contributed by atoms with Gasteiger partial charge < -0.3 is 9.90 Å². The first-order chi connectivity index (χ1) is 7.54. The molecule has 0 unspecified atom stereocenters. The van der Waals surface area contributed by atoms with E-state index in [9.17, 15) is 9.90 Å². The van der Waals surface area contributed by atoms with Crippen molar-refractivity contribution in [3.63, 3.8) is 0 Å². The highest BCUT2D eigenvalue weighted by molar-refractivity contribution is 5.89. The van der Waals surface area contributed by atoms with E-state index in [1.165, 1.54) is 0 Å². The molecule has 0 saturated carbocycles. The maximum absolute atomic E-state index is 10.6. The molecule has 1 aromatic rings. The van der Waals surface area contributed by atoms with Crippen LogP contribution in [0.25, 0.3) is 5.57 Å². The first kappa shape index (κ1) is 12.0. The Hall–Kier alpha value is -2.08. The van der Waals surface area contributed by atoms with Crippen LogP contribution in [0.4, 0.5) is 0 Å². The molecule has 0 aromatic heterocycles. The summed E-state index contributed by atoms with van der Waals surface area (Å²) in [7, 11) is 0. The van der Waals surface area contributed by atoms with Crippen LogP contribution < -0.4 is 5.11 Å². The highest BCUT2D eigenvalue weighted by Gasteiger charge is 2.07. The van der Waals surface area contributed by atoms with Crippen molar-refractivity contribution in [2.45, 2.75) is 13.8 Å². The molecule has 3 nitrogen and oxygen atoms in total. The van der Waals surface area contributed by atoms with Crippen molar-refractivity contribution < 1.29 is 9.90 Å². The lowest BCUT2D eigenvalue weighted by Crippen LogP contribution is -2.20. The normalized spacial score (nSPS) is 11.2. The molecule has 0 aliphatic heterocycles. The van der Waals surface area contributed by atoms with E-state index < -0.39 is 5.97 Å². The average molecular weight is 214 g/mol. The molecule has 16 heavy (non-hydrogen) atoms. The number of aliphatic carboxylic acids is 1. The molecule has 0 atom stereocenters. The zero-order valence-corrected chi connectivity index (χ0v) is 9.23. The molecule has 0 spiro atoms. The van der Waals surface area contributed by atoms with Crippen LogP contribution in [0, 0.1) is 17.2 Å². The van der Waals surface area contributed by atoms with Gasteiger partial charge in [0.1, 0.15) is 0 Å². The molecule has 0 bridgehead atoms. The maximum atomic E-state index is 10.6. The quantitative estimate of drug-likeness (QED) is 0.713. The Kier molecular flexibility index (Phi) is 3.84. The summed E-state index contributed by atoms with van der Waals surface area (Å²) < 4.78 is 0. The number of benzene rings is 1. The molecule has 0 aliphatic carbocycles. The summed E-state index contributed by atoms with van der Waals surface area (Å²) >= 11 is 0. The van der Waals surface area contributed by atoms with Crippen LogP contribution in [0.3, 0.4) is 0 Å². The monoisotopic (exact) mass is 214 g/mol. The van der Waals surface area contributed by atoms with Crippen molar-refractivity contribution in [1.29, 1.82) is 5.26 Å². The number of carbonyl (C=O) groups is 1. The van der Waals surface area contributed by atoms with E-state index in [-0.39, 0.29) is 5.92 Å². The van der Waals surface area contributed by atoms with Gasteiger partial charge in [-0.1, -0.05) is 26.0 Å². The number of carboxylic acid groups (broad SMARTS) is 1. The third-order valence-corrected chi connectivity index (χ3v) is 2.22. The minimum Gasteiger partial charge on any atom is -0.545 e. The van der Waals surface area contributed by atoms with E-state index in [0.717, 1.165) is 11.6 Å². The van der Waals surface area contributed by atoms with Crippen LogP contribution >= 0.6 is 0 Å². The van der Waals surface area contributed by atoms with Gasteiger partial charge in [-0.3, -0.25) is 0 Å². The molecule has 0 saturated heterocycles. The molecule has 0 fully saturated rings. The van der Waals surface area contributed by atoms with Crippen molar-refractivity contribution in [2.75, 3.05) is 0 Å². The minimum absolute atomic E-state index is 0.0619. The van der Waals surface area contributed by atoms with Gasteiger partial charge in [0.05, 0.1) is 17.6 Å². The predicted octanol–water partition coefficient (Wildman–Crippen LogP) is 1.35. The molecule has 0 aliphatic rings. The summed E-state index contributed by atoms with van der Waals surface area (Å²) in [5, 5.41) is 19.4. The largest absolute Gasteiger partial charge is 0.545 e. The first-order valence-electron chi connectivity index (χ1n) is 4.97.